The molecule has 4 N–H and O–H groups in total. The minimum Gasteiger partial charge on any atom is -0.478 e. The van der Waals surface area contributed by atoms with Crippen LogP contribution >= 0.6 is 11.6 Å². The van der Waals surface area contributed by atoms with E-state index in [4.69, 9.17) is 32.1 Å². The summed E-state index contributed by atoms with van der Waals surface area (Å²) >= 11 is 6.12. The van der Waals surface area contributed by atoms with Crippen LogP contribution in [0.5, 0.6) is 17.2 Å². The Kier molecular flexibility index (Phi) is 6.97. The number of halogens is 3. The van der Waals surface area contributed by atoms with Gasteiger partial charge in [0, 0.05) is 29.8 Å². The number of carbonyl (C=O) groups is 2. The van der Waals surface area contributed by atoms with Gasteiger partial charge in [0.05, 0.1) is 16.8 Å². The quantitative estimate of drug-likeness (QED) is 0.293. The number of rotatable bonds is 7. The number of nitrogens with two attached hydrogens (primary N) is 1. The summed E-state index contributed by atoms with van der Waals surface area (Å²) in [6.45, 7) is -0.342. The molecule has 0 radical (unpaired) electrons. The molecule has 190 valence electrons. The lowest BCUT2D eigenvalue weighted by molar-refractivity contribution is 0.0997. The second-order valence-electron chi connectivity index (χ2n) is 9.93. The normalized spacial score (nSPS) is 15.3. The number of pyridine rings is 1. The number of nitrogens with zero attached hydrogens (tertiary/aromatic N) is 2. The third kappa shape index (κ3) is 4.72. The van der Waals surface area contributed by atoms with E-state index in [0.29, 0.717) is 0 Å². The van der Waals surface area contributed by atoms with Crippen LogP contribution in [-0.4, -0.2) is 61.0 Å². The highest BCUT2D eigenvalue weighted by molar-refractivity contribution is 6.61. The van der Waals surface area contributed by atoms with Crippen molar-refractivity contribution in [3.63, 3.8) is 0 Å². The highest BCUT2D eigenvalue weighted by atomic mass is 35.5. The summed E-state index contributed by atoms with van der Waals surface area (Å²) in [6, 6.07) is 5.80. The molecular formula is C22H20B4ClF2N5O4. The number of benzene rings is 2. The molecule has 1 aliphatic carbocycles. The van der Waals surface area contributed by atoms with Crippen molar-refractivity contribution in [1.29, 1.82) is 5.26 Å². The summed E-state index contributed by atoms with van der Waals surface area (Å²) in [4.78, 5) is 28.6. The molecule has 0 unspecified atom stereocenters. The van der Waals surface area contributed by atoms with Crippen molar-refractivity contribution in [2.24, 2.45) is 5.73 Å². The van der Waals surface area contributed by atoms with Crippen LogP contribution in [0.2, 0.25) is 15.5 Å². The zero-order chi connectivity index (χ0) is 28.0. The number of fused-ring (bicyclic) bond motifs is 1. The number of amides is 3. The van der Waals surface area contributed by atoms with Crippen LogP contribution in [0.4, 0.5) is 19.3 Å². The van der Waals surface area contributed by atoms with E-state index in [0.717, 1.165) is 6.07 Å². The molecule has 0 bridgehead atoms. The van der Waals surface area contributed by atoms with Gasteiger partial charge in [0.2, 0.25) is 0 Å². The topological polar surface area (TPSA) is 139 Å². The lowest BCUT2D eigenvalue weighted by atomic mass is 9.49. The highest BCUT2D eigenvalue weighted by Gasteiger charge is 2.63. The molecule has 0 aliphatic heterocycles. The maximum absolute atomic E-state index is 15.2. The molecule has 3 amide bonds. The van der Waals surface area contributed by atoms with E-state index >= 15 is 8.78 Å². The van der Waals surface area contributed by atoms with Crippen molar-refractivity contribution >= 4 is 71.5 Å². The van der Waals surface area contributed by atoms with Crippen molar-refractivity contribution in [2.45, 2.75) is 16.5 Å². The highest BCUT2D eigenvalue weighted by Crippen LogP contribution is 2.67. The lowest BCUT2D eigenvalue weighted by Gasteiger charge is -2.15. The molecule has 38 heavy (non-hydrogen) atoms. The third-order valence-electron chi connectivity index (χ3n) is 7.23. The molecule has 0 spiro atoms. The first-order valence-electron chi connectivity index (χ1n) is 11.4. The van der Waals surface area contributed by atoms with E-state index < -0.39 is 34.3 Å². The summed E-state index contributed by atoms with van der Waals surface area (Å²) in [5.41, 5.74) is 5.31. The van der Waals surface area contributed by atoms with E-state index in [2.05, 4.69) is 15.6 Å². The first kappa shape index (κ1) is 27.1. The molecular weight excluding hydrogens is 515 g/mol. The molecule has 1 heterocycles. The summed E-state index contributed by atoms with van der Waals surface area (Å²) in [5.74, 6) is -4.12. The first-order chi connectivity index (χ1) is 17.8. The van der Waals surface area contributed by atoms with Gasteiger partial charge in [-0.2, -0.15) is 5.26 Å². The second kappa shape index (κ2) is 9.76. The summed E-state index contributed by atoms with van der Waals surface area (Å²) in [7, 11) is 8.02. The summed E-state index contributed by atoms with van der Waals surface area (Å²) in [5, 5.41) is 13.3. The number of primary amides is 1. The number of aromatic nitrogens is 1. The molecule has 1 aliphatic rings. The van der Waals surface area contributed by atoms with Crippen LogP contribution in [0.15, 0.2) is 30.5 Å². The molecule has 0 saturated heterocycles. The van der Waals surface area contributed by atoms with Crippen molar-refractivity contribution in [3.8, 4) is 23.3 Å². The Bertz CT molecular complexity index is 1520. The minimum atomic E-state index is -1.25. The fourth-order valence-electron chi connectivity index (χ4n) is 4.38. The molecule has 9 nitrogen and oxygen atoms in total. The fraction of sp³-hybridized carbons (Fsp3) is 0.182. The van der Waals surface area contributed by atoms with Crippen molar-refractivity contribution in [1.82, 2.24) is 10.3 Å². The van der Waals surface area contributed by atoms with Crippen LogP contribution in [0, 0.1) is 23.0 Å². The van der Waals surface area contributed by atoms with Crippen molar-refractivity contribution < 1.29 is 27.8 Å². The number of anilines is 1. The molecule has 1 aromatic heterocycles. The molecule has 3 aromatic rings. The van der Waals surface area contributed by atoms with Crippen molar-refractivity contribution in [2.75, 3.05) is 11.9 Å². The van der Waals surface area contributed by atoms with Gasteiger partial charge in [0.15, 0.2) is 24.0 Å². The average Bonchev–Trinajstić information content (AvgIpc) is 3.24. The predicted octanol–water partition coefficient (Wildman–Crippen LogP) is 0.228. The Hall–Kier alpha value is -3.91. The van der Waals surface area contributed by atoms with Gasteiger partial charge in [-0.1, -0.05) is 22.0 Å². The first-order valence-corrected chi connectivity index (χ1v) is 11.8. The van der Waals surface area contributed by atoms with Gasteiger partial charge >= 0.3 is 6.03 Å². The summed E-state index contributed by atoms with van der Waals surface area (Å²) in [6.07, 6.45) is 1.31. The van der Waals surface area contributed by atoms with E-state index in [1.165, 1.54) is 24.4 Å². The van der Waals surface area contributed by atoms with Gasteiger partial charge in [0.1, 0.15) is 54.0 Å². The number of nitriles is 1. The van der Waals surface area contributed by atoms with Gasteiger partial charge in [-0.05, 0) is 12.1 Å². The van der Waals surface area contributed by atoms with E-state index in [-0.39, 0.29) is 56.7 Å². The average molecular weight is 535 g/mol. The van der Waals surface area contributed by atoms with E-state index in [9.17, 15) is 9.59 Å². The second-order valence-corrected chi connectivity index (χ2v) is 10.3. The number of carbonyl (C=O) groups excluding carboxylic acids is 2. The standard InChI is InChI=1S/C22H20B4ClF2N5O4/c23-21(24)19(22(21,25)26)34-20(36)33-12-6-10(28)17(16(29)15(12)27)38-13-1-3-32-11-7-14(37-4-2-30)9(18(31)35)5-8(11)13/h1,3,5-7,19H,4,23-26H2,(H2,31,35)(H2,33,34,36). The maximum Gasteiger partial charge on any atom is 0.319 e. The largest absolute Gasteiger partial charge is 0.478 e. The van der Waals surface area contributed by atoms with Crippen LogP contribution in [0.3, 0.4) is 0 Å². The van der Waals surface area contributed by atoms with Gasteiger partial charge in [-0.3, -0.25) is 9.78 Å². The van der Waals surface area contributed by atoms with E-state index in [1.807, 2.05) is 31.4 Å². The summed E-state index contributed by atoms with van der Waals surface area (Å²) < 4.78 is 41.0. The van der Waals surface area contributed by atoms with Crippen LogP contribution < -0.4 is 25.8 Å². The Balaban J connectivity index is 1.63. The lowest BCUT2D eigenvalue weighted by Crippen LogP contribution is -2.34. The zero-order valence-electron chi connectivity index (χ0n) is 20.9. The fourth-order valence-corrected chi connectivity index (χ4v) is 4.57. The number of urea groups is 1. The number of hydrogen-bond donors (Lipinski definition) is 3. The van der Waals surface area contributed by atoms with Crippen molar-refractivity contribution in [3.05, 3.63) is 52.7 Å². The van der Waals surface area contributed by atoms with Crippen LogP contribution in [0.1, 0.15) is 10.4 Å². The number of ether oxygens (including phenoxy) is 2. The predicted molar refractivity (Wildman–Crippen MR) is 148 cm³/mol. The molecule has 16 heteroatoms. The molecule has 2 aromatic carbocycles. The van der Waals surface area contributed by atoms with Gasteiger partial charge in [-0.25, -0.2) is 13.6 Å². The molecule has 0 atom stereocenters. The molecule has 1 saturated carbocycles. The number of hydrogen-bond acceptors (Lipinski definition) is 6. The third-order valence-corrected chi connectivity index (χ3v) is 7.60. The molecule has 1 fully saturated rings. The minimum absolute atomic E-state index is 0.0169. The Labute approximate surface area is 225 Å². The van der Waals surface area contributed by atoms with Gasteiger partial charge < -0.3 is 25.8 Å². The van der Waals surface area contributed by atoms with E-state index in [1.54, 1.807) is 6.07 Å². The van der Waals surface area contributed by atoms with Crippen LogP contribution in [0.25, 0.3) is 10.9 Å². The SMILES string of the molecule is BC1(B)C(NC(=O)Nc2cc(F)c(Oc3ccnc4cc(OCC#N)c(C(N)=O)cc34)c(F)c2Cl)C1(B)B. The van der Waals surface area contributed by atoms with Crippen LogP contribution in [-0.2, 0) is 0 Å². The van der Waals surface area contributed by atoms with Gasteiger partial charge in [-0.15, -0.1) is 0 Å². The Morgan fingerprint density at radius 2 is 1.87 bits per heavy atom. The maximum atomic E-state index is 15.2. The molecule has 4 rings (SSSR count). The Morgan fingerprint density at radius 1 is 1.18 bits per heavy atom. The smallest absolute Gasteiger partial charge is 0.319 e. The monoisotopic (exact) mass is 535 g/mol. The number of nitrogens with one attached hydrogen (secondary N) is 2. The van der Waals surface area contributed by atoms with Gasteiger partial charge in [0.25, 0.3) is 5.91 Å². The zero-order valence-corrected chi connectivity index (χ0v) is 21.7. The Morgan fingerprint density at radius 3 is 2.47 bits per heavy atom.